The number of piperidine rings is 1. The molecule has 1 aliphatic carbocycles. The smallest absolute Gasteiger partial charge is 0.406 e. The predicted octanol–water partition coefficient (Wildman–Crippen LogP) is 3.98. The van der Waals surface area contributed by atoms with Crippen LogP contribution in [0.2, 0.25) is 0 Å². The fourth-order valence-electron chi connectivity index (χ4n) is 5.16. The first kappa shape index (κ1) is 25.1. The highest BCUT2D eigenvalue weighted by Gasteiger charge is 2.56. The SMILES string of the molecule is CCc1ncc(CN2CC3C(C2)C3CN(Cc2cccc(OC(F)(F)F)c2)C(=O)Oc2cn(C)cn2)[nH]1. The molecule has 2 unspecified atom stereocenters. The van der Waals surface area contributed by atoms with Gasteiger partial charge in [-0.15, -0.1) is 13.2 Å². The van der Waals surface area contributed by atoms with Gasteiger partial charge in [0.1, 0.15) is 11.6 Å². The van der Waals surface area contributed by atoms with Crippen LogP contribution in [0.3, 0.4) is 0 Å². The summed E-state index contributed by atoms with van der Waals surface area (Å²) in [6.07, 6.45) is 0.467. The van der Waals surface area contributed by atoms with E-state index in [0.717, 1.165) is 37.6 Å². The van der Waals surface area contributed by atoms with Gasteiger partial charge in [0.2, 0.25) is 5.88 Å². The molecule has 1 N–H and O–H groups in total. The maximum Gasteiger partial charge on any atom is 0.573 e. The number of aromatic amines is 1. The van der Waals surface area contributed by atoms with Crippen molar-refractivity contribution >= 4 is 6.09 Å². The van der Waals surface area contributed by atoms with E-state index in [-0.39, 0.29) is 18.2 Å². The van der Waals surface area contributed by atoms with Crippen LogP contribution in [0.4, 0.5) is 18.0 Å². The zero-order valence-corrected chi connectivity index (χ0v) is 20.6. The number of imidazole rings is 2. The van der Waals surface area contributed by atoms with Crippen LogP contribution in [0.25, 0.3) is 0 Å². The molecule has 37 heavy (non-hydrogen) atoms. The Labute approximate surface area is 212 Å². The molecule has 0 radical (unpaired) electrons. The van der Waals surface area contributed by atoms with Crippen LogP contribution in [0.5, 0.6) is 11.6 Å². The normalized spacial score (nSPS) is 21.1. The van der Waals surface area contributed by atoms with E-state index >= 15 is 0 Å². The molecule has 198 valence electrons. The molecule has 1 saturated carbocycles. The van der Waals surface area contributed by atoms with E-state index in [1.54, 1.807) is 23.9 Å². The van der Waals surface area contributed by atoms with Gasteiger partial charge in [-0.2, -0.15) is 0 Å². The van der Waals surface area contributed by atoms with E-state index in [0.29, 0.717) is 29.9 Å². The highest BCUT2D eigenvalue weighted by atomic mass is 19.4. The van der Waals surface area contributed by atoms with Crippen molar-refractivity contribution in [2.45, 2.75) is 32.8 Å². The molecule has 2 fully saturated rings. The number of rotatable bonds is 9. The third-order valence-electron chi connectivity index (χ3n) is 6.92. The number of aryl methyl sites for hydroxylation is 2. The quantitative estimate of drug-likeness (QED) is 0.461. The van der Waals surface area contributed by atoms with Gasteiger partial charge in [-0.05, 0) is 35.4 Å². The van der Waals surface area contributed by atoms with Crippen LogP contribution in [-0.2, 0) is 26.6 Å². The van der Waals surface area contributed by atoms with Gasteiger partial charge in [-0.3, -0.25) is 4.90 Å². The lowest BCUT2D eigenvalue weighted by Gasteiger charge is -2.24. The third kappa shape index (κ3) is 6.24. The first-order valence-electron chi connectivity index (χ1n) is 12.2. The molecule has 3 aromatic rings. The molecule has 2 atom stereocenters. The Hall–Kier alpha value is -3.54. The summed E-state index contributed by atoms with van der Waals surface area (Å²) in [4.78, 5) is 28.7. The highest BCUT2D eigenvalue weighted by molar-refractivity contribution is 5.70. The Balaban J connectivity index is 1.23. The van der Waals surface area contributed by atoms with Gasteiger partial charge in [0.05, 0.1) is 12.5 Å². The summed E-state index contributed by atoms with van der Waals surface area (Å²) in [7, 11) is 1.76. The topological polar surface area (TPSA) is 88.5 Å². The number of amides is 1. The van der Waals surface area contributed by atoms with Crippen LogP contribution in [-0.4, -0.2) is 61.4 Å². The standard InChI is InChI=1S/C25H29F3N6O3/c1-3-22-29-8-17(31-22)10-33-11-19-20(12-33)21(19)13-34(24(35)36-23-14-32(2)15-30-23)9-16-5-4-6-18(7-16)37-25(26,27)28/h4-8,14-15,19-21H,3,9-13H2,1-2H3,(H,29,31). The van der Waals surface area contributed by atoms with Gasteiger partial charge in [0.25, 0.3) is 0 Å². The lowest BCUT2D eigenvalue weighted by molar-refractivity contribution is -0.274. The minimum atomic E-state index is -4.79. The van der Waals surface area contributed by atoms with E-state index in [1.165, 1.54) is 29.4 Å². The number of ether oxygens (including phenoxy) is 2. The van der Waals surface area contributed by atoms with Crippen LogP contribution in [0.1, 0.15) is 24.0 Å². The summed E-state index contributed by atoms with van der Waals surface area (Å²) in [6.45, 7) is 5.26. The molecule has 1 amide bonds. The van der Waals surface area contributed by atoms with Crippen molar-refractivity contribution < 1.29 is 27.4 Å². The number of halogens is 3. The number of benzene rings is 1. The van der Waals surface area contributed by atoms with Crippen molar-refractivity contribution in [1.82, 2.24) is 29.3 Å². The molecular weight excluding hydrogens is 489 g/mol. The van der Waals surface area contributed by atoms with E-state index in [1.807, 2.05) is 6.20 Å². The van der Waals surface area contributed by atoms with E-state index in [2.05, 4.69) is 31.5 Å². The number of alkyl halides is 3. The average molecular weight is 519 g/mol. The van der Waals surface area contributed by atoms with Crippen LogP contribution in [0, 0.1) is 17.8 Å². The zero-order valence-electron chi connectivity index (χ0n) is 20.6. The molecule has 0 spiro atoms. The second-order valence-electron chi connectivity index (χ2n) is 9.72. The van der Waals surface area contributed by atoms with Gasteiger partial charge in [-0.25, -0.2) is 14.8 Å². The highest BCUT2D eigenvalue weighted by Crippen LogP contribution is 2.52. The molecule has 9 nitrogen and oxygen atoms in total. The van der Waals surface area contributed by atoms with Gasteiger partial charge in [0.15, 0.2) is 0 Å². The Bertz CT molecular complexity index is 1230. The molecule has 3 heterocycles. The summed E-state index contributed by atoms with van der Waals surface area (Å²) in [5, 5.41) is 0. The van der Waals surface area contributed by atoms with Gasteiger partial charge in [0, 0.05) is 58.1 Å². The number of fused-ring (bicyclic) bond motifs is 1. The number of likely N-dealkylation sites (tertiary alicyclic amines) is 1. The van der Waals surface area contributed by atoms with Crippen LogP contribution in [0.15, 0.2) is 43.0 Å². The fourth-order valence-corrected chi connectivity index (χ4v) is 5.16. The molecular formula is C25H29F3N6O3. The van der Waals surface area contributed by atoms with E-state index in [9.17, 15) is 18.0 Å². The summed E-state index contributed by atoms with van der Waals surface area (Å²) >= 11 is 0. The number of hydrogen-bond donors (Lipinski definition) is 1. The minimum Gasteiger partial charge on any atom is -0.406 e. The number of nitrogens with one attached hydrogen (secondary N) is 1. The molecule has 1 aromatic carbocycles. The monoisotopic (exact) mass is 518 g/mol. The van der Waals surface area contributed by atoms with Crippen molar-refractivity contribution in [3.05, 3.63) is 60.1 Å². The molecule has 2 aliphatic rings. The van der Waals surface area contributed by atoms with Gasteiger partial charge in [-0.1, -0.05) is 19.1 Å². The Morgan fingerprint density at radius 2 is 2.03 bits per heavy atom. The number of carbonyl (C=O) groups excluding carboxylic acids is 1. The van der Waals surface area contributed by atoms with Crippen LogP contribution >= 0.6 is 0 Å². The first-order valence-corrected chi connectivity index (χ1v) is 12.2. The molecule has 1 saturated heterocycles. The number of aromatic nitrogens is 4. The minimum absolute atomic E-state index is 0.0916. The Morgan fingerprint density at radius 3 is 2.68 bits per heavy atom. The number of H-pyrrole nitrogens is 1. The average Bonchev–Trinajstić information content (AvgIpc) is 3.27. The second-order valence-corrected chi connectivity index (χ2v) is 9.72. The van der Waals surface area contributed by atoms with Gasteiger partial charge < -0.3 is 23.9 Å². The van der Waals surface area contributed by atoms with Crippen molar-refractivity contribution in [2.24, 2.45) is 24.8 Å². The maximum absolute atomic E-state index is 13.1. The molecule has 5 rings (SSSR count). The van der Waals surface area contributed by atoms with Gasteiger partial charge >= 0.3 is 12.5 Å². The molecule has 2 aromatic heterocycles. The number of nitrogens with zero attached hydrogens (tertiary/aromatic N) is 5. The predicted molar refractivity (Wildman–Crippen MR) is 126 cm³/mol. The van der Waals surface area contributed by atoms with Crippen LogP contribution < -0.4 is 9.47 Å². The second kappa shape index (κ2) is 10.1. The lowest BCUT2D eigenvalue weighted by Crippen LogP contribution is -2.36. The van der Waals surface area contributed by atoms with Crippen molar-refractivity contribution in [1.29, 1.82) is 0 Å². The summed E-state index contributed by atoms with van der Waals surface area (Å²) in [5.41, 5.74) is 1.61. The summed E-state index contributed by atoms with van der Waals surface area (Å²) in [6, 6.07) is 5.66. The van der Waals surface area contributed by atoms with E-state index in [4.69, 9.17) is 4.74 Å². The maximum atomic E-state index is 13.1. The summed E-state index contributed by atoms with van der Waals surface area (Å²) < 4.78 is 49.2. The number of carbonyl (C=O) groups is 1. The van der Waals surface area contributed by atoms with Crippen molar-refractivity contribution in [2.75, 3.05) is 19.6 Å². The van der Waals surface area contributed by atoms with Crippen molar-refractivity contribution in [3.8, 4) is 11.6 Å². The zero-order chi connectivity index (χ0) is 26.2. The molecule has 1 aliphatic heterocycles. The first-order chi connectivity index (χ1) is 17.7. The third-order valence-corrected chi connectivity index (χ3v) is 6.92. The van der Waals surface area contributed by atoms with E-state index < -0.39 is 12.5 Å². The Morgan fingerprint density at radius 1 is 1.24 bits per heavy atom. The van der Waals surface area contributed by atoms with Crippen molar-refractivity contribution in [3.63, 3.8) is 0 Å². The molecule has 0 bridgehead atoms. The lowest BCUT2D eigenvalue weighted by atomic mass is 10.2. The largest absolute Gasteiger partial charge is 0.573 e. The summed E-state index contributed by atoms with van der Waals surface area (Å²) in [5.74, 6) is 2.03. The fraction of sp³-hybridized carbons (Fsp3) is 0.480. The number of hydrogen-bond acceptors (Lipinski definition) is 6. The Kier molecular flexibility index (Phi) is 6.84. The molecule has 12 heteroatoms.